The fraction of sp³-hybridized carbons (Fsp3) is 0.333. The van der Waals surface area contributed by atoms with Crippen LogP contribution in [0.1, 0.15) is 33.9 Å². The second-order valence-corrected chi connectivity index (χ2v) is 6.33. The average Bonchev–Trinajstić information content (AvgIpc) is 2.40. The molecule has 20 heavy (non-hydrogen) atoms. The van der Waals surface area contributed by atoms with Crippen molar-refractivity contribution in [1.82, 2.24) is 5.32 Å². The molecule has 1 unspecified atom stereocenters. The van der Waals surface area contributed by atoms with E-state index in [2.05, 4.69) is 78.4 Å². The summed E-state index contributed by atoms with van der Waals surface area (Å²) in [6, 6.07) is 13.4. The summed E-state index contributed by atoms with van der Waals surface area (Å²) in [6.45, 7) is 6.57. The Bertz CT molecular complexity index is 584. The number of benzene rings is 2. The van der Waals surface area contributed by atoms with Gasteiger partial charge in [-0.05, 0) is 74.2 Å². The molecule has 0 heterocycles. The summed E-state index contributed by atoms with van der Waals surface area (Å²) in [4.78, 5) is 0. The number of halogens is 1. The third-order valence-electron chi connectivity index (χ3n) is 4.01. The normalized spacial score (nSPS) is 12.4. The number of aryl methyl sites for hydroxylation is 3. The van der Waals surface area contributed by atoms with Crippen molar-refractivity contribution < 1.29 is 0 Å². The van der Waals surface area contributed by atoms with Crippen molar-refractivity contribution in [1.29, 1.82) is 0 Å². The Hall–Kier alpha value is -1.12. The van der Waals surface area contributed by atoms with Crippen molar-refractivity contribution in [2.45, 2.75) is 33.2 Å². The summed E-state index contributed by atoms with van der Waals surface area (Å²) in [6.07, 6.45) is 1.03. The fourth-order valence-corrected chi connectivity index (χ4v) is 3.25. The van der Waals surface area contributed by atoms with Gasteiger partial charge in [-0.1, -0.05) is 40.2 Å². The van der Waals surface area contributed by atoms with E-state index in [9.17, 15) is 0 Å². The van der Waals surface area contributed by atoms with E-state index in [1.807, 2.05) is 7.05 Å². The van der Waals surface area contributed by atoms with Crippen molar-refractivity contribution in [3.8, 4) is 0 Å². The van der Waals surface area contributed by atoms with E-state index in [1.54, 1.807) is 0 Å². The molecular formula is C18H22BrN. The van der Waals surface area contributed by atoms with Gasteiger partial charge >= 0.3 is 0 Å². The van der Waals surface area contributed by atoms with Crippen LogP contribution in [0.25, 0.3) is 0 Å². The van der Waals surface area contributed by atoms with Crippen LogP contribution >= 0.6 is 15.9 Å². The molecule has 0 spiro atoms. The minimum Gasteiger partial charge on any atom is -0.313 e. The molecule has 2 aromatic rings. The van der Waals surface area contributed by atoms with Gasteiger partial charge in [0.15, 0.2) is 0 Å². The van der Waals surface area contributed by atoms with Gasteiger partial charge in [0, 0.05) is 10.5 Å². The standard InChI is InChI=1S/C18H22BrN/c1-12-6-5-7-13(2)17(12)11-18(20-4)16-9-8-15(19)10-14(16)3/h5-10,18,20H,11H2,1-4H3. The summed E-state index contributed by atoms with van der Waals surface area (Å²) in [5.41, 5.74) is 6.90. The Labute approximate surface area is 130 Å². The maximum Gasteiger partial charge on any atom is 0.0361 e. The number of nitrogens with one attached hydrogen (secondary N) is 1. The van der Waals surface area contributed by atoms with Crippen molar-refractivity contribution in [3.05, 3.63) is 68.7 Å². The van der Waals surface area contributed by atoms with E-state index in [4.69, 9.17) is 0 Å². The lowest BCUT2D eigenvalue weighted by molar-refractivity contribution is 0.586. The molecule has 0 bridgehead atoms. The Kier molecular flexibility index (Phi) is 5.00. The van der Waals surface area contributed by atoms with Crippen LogP contribution in [-0.2, 0) is 6.42 Å². The molecule has 0 saturated carbocycles. The maximum absolute atomic E-state index is 3.54. The predicted molar refractivity (Wildman–Crippen MR) is 90.3 cm³/mol. The molecule has 1 nitrogen and oxygen atoms in total. The van der Waals surface area contributed by atoms with Gasteiger partial charge in [0.1, 0.15) is 0 Å². The van der Waals surface area contributed by atoms with Crippen molar-refractivity contribution in [2.75, 3.05) is 7.05 Å². The monoisotopic (exact) mass is 331 g/mol. The highest BCUT2D eigenvalue weighted by atomic mass is 79.9. The van der Waals surface area contributed by atoms with Gasteiger partial charge in [0.25, 0.3) is 0 Å². The Morgan fingerprint density at radius 3 is 2.20 bits per heavy atom. The van der Waals surface area contributed by atoms with Crippen molar-refractivity contribution >= 4 is 15.9 Å². The summed E-state index contributed by atoms with van der Waals surface area (Å²) < 4.78 is 1.14. The lowest BCUT2D eigenvalue weighted by Gasteiger charge is -2.21. The molecule has 0 saturated heterocycles. The van der Waals surface area contributed by atoms with E-state index in [1.165, 1.54) is 27.8 Å². The molecule has 1 N–H and O–H groups in total. The smallest absolute Gasteiger partial charge is 0.0361 e. The van der Waals surface area contributed by atoms with Crippen molar-refractivity contribution in [2.24, 2.45) is 0 Å². The third-order valence-corrected chi connectivity index (χ3v) is 4.50. The van der Waals surface area contributed by atoms with Crippen LogP contribution in [0.15, 0.2) is 40.9 Å². The zero-order chi connectivity index (χ0) is 14.7. The lowest BCUT2D eigenvalue weighted by atomic mass is 9.91. The Morgan fingerprint density at radius 1 is 1.00 bits per heavy atom. The zero-order valence-electron chi connectivity index (χ0n) is 12.6. The van der Waals surface area contributed by atoms with Crippen LogP contribution in [0.2, 0.25) is 0 Å². The SMILES string of the molecule is CNC(Cc1c(C)cccc1C)c1ccc(Br)cc1C. The first-order chi connectivity index (χ1) is 9.52. The molecule has 0 aliphatic heterocycles. The van der Waals surface area contributed by atoms with Gasteiger partial charge in [-0.2, -0.15) is 0 Å². The molecule has 0 aliphatic carbocycles. The van der Waals surface area contributed by atoms with Crippen LogP contribution in [0.4, 0.5) is 0 Å². The van der Waals surface area contributed by atoms with Gasteiger partial charge in [-0.3, -0.25) is 0 Å². The molecule has 2 heteroatoms. The molecule has 0 radical (unpaired) electrons. The highest BCUT2D eigenvalue weighted by Crippen LogP contribution is 2.26. The van der Waals surface area contributed by atoms with Gasteiger partial charge in [0.2, 0.25) is 0 Å². The second-order valence-electron chi connectivity index (χ2n) is 5.42. The summed E-state index contributed by atoms with van der Waals surface area (Å²) >= 11 is 3.54. The van der Waals surface area contributed by atoms with Crippen LogP contribution < -0.4 is 5.32 Å². The summed E-state index contributed by atoms with van der Waals surface area (Å²) in [7, 11) is 2.04. The number of likely N-dealkylation sites (N-methyl/N-ethyl adjacent to an activating group) is 1. The topological polar surface area (TPSA) is 12.0 Å². The molecule has 0 amide bonds. The summed E-state index contributed by atoms with van der Waals surface area (Å²) in [5.74, 6) is 0. The first-order valence-corrected chi connectivity index (χ1v) is 7.80. The maximum atomic E-state index is 3.54. The van der Waals surface area contributed by atoms with E-state index in [-0.39, 0.29) is 0 Å². The number of hydrogen-bond donors (Lipinski definition) is 1. The van der Waals surface area contributed by atoms with Crippen LogP contribution in [0.3, 0.4) is 0 Å². The predicted octanol–water partition coefficient (Wildman–Crippen LogP) is 4.88. The summed E-state index contributed by atoms with van der Waals surface area (Å²) in [5, 5.41) is 3.47. The first kappa shape index (κ1) is 15.3. The molecular weight excluding hydrogens is 310 g/mol. The third kappa shape index (κ3) is 3.31. The van der Waals surface area contributed by atoms with E-state index >= 15 is 0 Å². The zero-order valence-corrected chi connectivity index (χ0v) is 14.2. The molecule has 2 aromatic carbocycles. The molecule has 1 atom stereocenters. The molecule has 0 fully saturated rings. The number of hydrogen-bond acceptors (Lipinski definition) is 1. The fourth-order valence-electron chi connectivity index (χ4n) is 2.77. The minimum absolute atomic E-state index is 0.350. The van der Waals surface area contributed by atoms with Gasteiger partial charge in [-0.15, -0.1) is 0 Å². The molecule has 0 aromatic heterocycles. The van der Waals surface area contributed by atoms with Crippen LogP contribution in [0.5, 0.6) is 0 Å². The average molecular weight is 332 g/mol. The highest BCUT2D eigenvalue weighted by molar-refractivity contribution is 9.10. The van der Waals surface area contributed by atoms with Crippen LogP contribution in [-0.4, -0.2) is 7.05 Å². The van der Waals surface area contributed by atoms with E-state index in [0.717, 1.165) is 10.9 Å². The van der Waals surface area contributed by atoms with E-state index < -0.39 is 0 Å². The molecule has 106 valence electrons. The van der Waals surface area contributed by atoms with E-state index in [0.29, 0.717) is 6.04 Å². The largest absolute Gasteiger partial charge is 0.313 e. The number of rotatable bonds is 4. The quantitative estimate of drug-likeness (QED) is 0.842. The Balaban J connectivity index is 2.34. The first-order valence-electron chi connectivity index (χ1n) is 7.01. The highest BCUT2D eigenvalue weighted by Gasteiger charge is 2.15. The van der Waals surface area contributed by atoms with Crippen molar-refractivity contribution in [3.63, 3.8) is 0 Å². The molecule has 0 aliphatic rings. The van der Waals surface area contributed by atoms with Crippen LogP contribution in [0, 0.1) is 20.8 Å². The van der Waals surface area contributed by atoms with Gasteiger partial charge < -0.3 is 5.32 Å². The lowest BCUT2D eigenvalue weighted by Crippen LogP contribution is -2.20. The van der Waals surface area contributed by atoms with Gasteiger partial charge in [0.05, 0.1) is 0 Å². The molecule has 2 rings (SSSR count). The van der Waals surface area contributed by atoms with Gasteiger partial charge in [-0.25, -0.2) is 0 Å². The Morgan fingerprint density at radius 2 is 1.65 bits per heavy atom. The second kappa shape index (κ2) is 6.55. The minimum atomic E-state index is 0.350.